The van der Waals surface area contributed by atoms with E-state index >= 15 is 0 Å². The summed E-state index contributed by atoms with van der Waals surface area (Å²) in [6, 6.07) is -0.793. The monoisotopic (exact) mass is 265 g/mol. The van der Waals surface area contributed by atoms with E-state index in [9.17, 15) is 4.79 Å². The van der Waals surface area contributed by atoms with E-state index in [1.807, 2.05) is 17.0 Å². The number of nitrogens with zero attached hydrogens (tertiary/aromatic N) is 1. The zero-order chi connectivity index (χ0) is 12.4. The Bertz CT molecular complexity index is 233. The quantitative estimate of drug-likeness (QED) is 0.251. The van der Waals surface area contributed by atoms with Crippen molar-refractivity contribution >= 4 is 33.5 Å². The van der Waals surface area contributed by atoms with Crippen molar-refractivity contribution in [2.45, 2.75) is 31.7 Å². The molecule has 0 aliphatic heterocycles. The molecule has 5 nitrogen and oxygen atoms in total. The molecule has 0 saturated carbocycles. The molecule has 0 rings (SSSR count). The van der Waals surface area contributed by atoms with Gasteiger partial charge in [-0.05, 0) is 19.1 Å². The lowest BCUT2D eigenvalue weighted by Gasteiger charge is -2.07. The highest BCUT2D eigenvalue weighted by atomic mass is 33.1. The molecule has 0 spiro atoms. The third-order valence-electron chi connectivity index (χ3n) is 1.91. The van der Waals surface area contributed by atoms with Crippen molar-refractivity contribution in [2.75, 3.05) is 12.0 Å². The Balaban J connectivity index is 3.70. The van der Waals surface area contributed by atoms with E-state index in [4.69, 9.17) is 16.6 Å². The summed E-state index contributed by atoms with van der Waals surface area (Å²) < 4.78 is 0. The van der Waals surface area contributed by atoms with Crippen molar-refractivity contribution in [1.29, 1.82) is 0 Å². The molecule has 0 aromatic heterocycles. The number of hydrogen-bond acceptors (Lipinski definition) is 4. The number of unbranched alkanes of at least 4 members (excludes halogenated alkanes) is 2. The summed E-state index contributed by atoms with van der Waals surface area (Å²) >= 11 is 0. The summed E-state index contributed by atoms with van der Waals surface area (Å²) in [5.41, 5.74) is 10.3. The molecule has 5 N–H and O–H groups in total. The van der Waals surface area contributed by atoms with Crippen LogP contribution in [0, 0.1) is 0 Å². The molecule has 0 bridgehead atoms. The Labute approximate surface area is 104 Å². The Kier molecular flexibility index (Phi) is 9.31. The molecule has 0 saturated heterocycles. The van der Waals surface area contributed by atoms with Crippen LogP contribution >= 0.6 is 21.6 Å². The van der Waals surface area contributed by atoms with Crippen LogP contribution in [0.5, 0.6) is 0 Å². The summed E-state index contributed by atoms with van der Waals surface area (Å²) in [4.78, 5) is 14.4. The molecule has 0 heterocycles. The lowest BCUT2D eigenvalue weighted by Crippen LogP contribution is -2.28. The number of hydrogen-bond donors (Lipinski definition) is 3. The van der Waals surface area contributed by atoms with Gasteiger partial charge in [-0.25, -0.2) is 9.79 Å². The maximum atomic E-state index is 10.8. The molecule has 1 atom stereocenters. The molecular formula is C9H19N3O2S2. The second-order valence-electron chi connectivity index (χ2n) is 3.25. The van der Waals surface area contributed by atoms with Crippen LogP contribution in [-0.2, 0) is 4.79 Å². The van der Waals surface area contributed by atoms with Gasteiger partial charge in [0.2, 0.25) is 0 Å². The third kappa shape index (κ3) is 8.72. The fourth-order valence-electron chi connectivity index (χ4n) is 1.18. The summed E-state index contributed by atoms with van der Waals surface area (Å²) in [6.07, 6.45) is 5.49. The average molecular weight is 265 g/mol. The summed E-state index contributed by atoms with van der Waals surface area (Å²) in [7, 11) is 3.56. The van der Waals surface area contributed by atoms with Gasteiger partial charge in [-0.15, -0.1) is 0 Å². The van der Waals surface area contributed by atoms with E-state index in [1.165, 1.54) is 0 Å². The van der Waals surface area contributed by atoms with Gasteiger partial charge in [0.15, 0.2) is 12.0 Å². The first-order chi connectivity index (χ1) is 7.57. The lowest BCUT2D eigenvalue weighted by molar-refractivity contribution is -0.138. The molecule has 0 fully saturated rings. The van der Waals surface area contributed by atoms with Crippen molar-refractivity contribution in [3.8, 4) is 0 Å². The van der Waals surface area contributed by atoms with Crippen LogP contribution in [0.3, 0.4) is 0 Å². The highest BCUT2D eigenvalue weighted by molar-refractivity contribution is 8.76. The van der Waals surface area contributed by atoms with Gasteiger partial charge in [0.1, 0.15) is 0 Å². The van der Waals surface area contributed by atoms with E-state index < -0.39 is 12.0 Å². The SMILES string of the molecule is CSSCCCCCC(N=C(N)N)C(=O)O. The fraction of sp³-hybridized carbons (Fsp3) is 0.778. The van der Waals surface area contributed by atoms with Gasteiger partial charge < -0.3 is 16.6 Å². The van der Waals surface area contributed by atoms with Crippen LogP contribution in [-0.4, -0.2) is 35.1 Å². The van der Waals surface area contributed by atoms with Crippen molar-refractivity contribution < 1.29 is 9.90 Å². The molecule has 16 heavy (non-hydrogen) atoms. The van der Waals surface area contributed by atoms with Gasteiger partial charge in [-0.1, -0.05) is 34.4 Å². The first kappa shape index (κ1) is 15.4. The Morgan fingerprint density at radius 2 is 2.06 bits per heavy atom. The van der Waals surface area contributed by atoms with Gasteiger partial charge in [-0.3, -0.25) is 0 Å². The van der Waals surface area contributed by atoms with Gasteiger partial charge in [0, 0.05) is 5.75 Å². The van der Waals surface area contributed by atoms with Crippen LogP contribution in [0.1, 0.15) is 25.7 Å². The molecule has 1 unspecified atom stereocenters. The molecule has 0 amide bonds. The molecular weight excluding hydrogens is 246 g/mol. The predicted octanol–water partition coefficient (Wildman–Crippen LogP) is 1.28. The van der Waals surface area contributed by atoms with E-state index in [-0.39, 0.29) is 5.96 Å². The van der Waals surface area contributed by atoms with E-state index in [0.29, 0.717) is 6.42 Å². The summed E-state index contributed by atoms with van der Waals surface area (Å²) in [6.45, 7) is 0. The van der Waals surface area contributed by atoms with Crippen LogP contribution in [0.15, 0.2) is 4.99 Å². The topological polar surface area (TPSA) is 102 Å². The zero-order valence-electron chi connectivity index (χ0n) is 9.39. The predicted molar refractivity (Wildman–Crippen MR) is 71.7 cm³/mol. The molecule has 7 heteroatoms. The lowest BCUT2D eigenvalue weighted by atomic mass is 10.1. The van der Waals surface area contributed by atoms with Crippen LogP contribution in [0.4, 0.5) is 0 Å². The molecule has 0 radical (unpaired) electrons. The van der Waals surface area contributed by atoms with E-state index in [2.05, 4.69) is 4.99 Å². The summed E-state index contributed by atoms with van der Waals surface area (Å²) in [5.74, 6) is -0.0292. The van der Waals surface area contributed by atoms with E-state index in [1.54, 1.807) is 10.8 Å². The minimum Gasteiger partial charge on any atom is -0.480 e. The van der Waals surface area contributed by atoms with Crippen LogP contribution in [0.25, 0.3) is 0 Å². The van der Waals surface area contributed by atoms with Gasteiger partial charge in [0.25, 0.3) is 0 Å². The van der Waals surface area contributed by atoms with Crippen molar-refractivity contribution in [3.05, 3.63) is 0 Å². The van der Waals surface area contributed by atoms with Crippen molar-refractivity contribution in [1.82, 2.24) is 0 Å². The maximum Gasteiger partial charge on any atom is 0.328 e. The molecule has 94 valence electrons. The van der Waals surface area contributed by atoms with Gasteiger partial charge in [0.05, 0.1) is 0 Å². The van der Waals surface area contributed by atoms with Gasteiger partial charge >= 0.3 is 5.97 Å². The number of carbonyl (C=O) groups is 1. The Morgan fingerprint density at radius 3 is 2.56 bits per heavy atom. The second-order valence-corrected chi connectivity index (χ2v) is 5.93. The smallest absolute Gasteiger partial charge is 0.328 e. The first-order valence-corrected chi connectivity index (χ1v) is 7.77. The number of guanidine groups is 1. The molecule has 0 aliphatic carbocycles. The highest BCUT2D eigenvalue weighted by Crippen LogP contribution is 2.19. The maximum absolute atomic E-state index is 10.8. The molecule has 0 aliphatic rings. The van der Waals surface area contributed by atoms with Crippen LogP contribution < -0.4 is 11.5 Å². The minimum atomic E-state index is -0.966. The highest BCUT2D eigenvalue weighted by Gasteiger charge is 2.15. The molecule has 0 aromatic carbocycles. The standard InChI is InChI=1S/C9H19N3O2S2/c1-15-16-6-4-2-3-5-7(8(13)14)12-9(10)11/h7H,2-6H2,1H3,(H,13,14)(H4,10,11,12). The third-order valence-corrected chi connectivity index (χ3v) is 3.81. The minimum absolute atomic E-state index is 0.162. The largest absolute Gasteiger partial charge is 0.480 e. The Morgan fingerprint density at radius 1 is 1.38 bits per heavy atom. The molecule has 0 aromatic rings. The number of carboxylic acids is 1. The van der Waals surface area contributed by atoms with Crippen molar-refractivity contribution in [3.63, 3.8) is 0 Å². The van der Waals surface area contributed by atoms with Crippen molar-refractivity contribution in [2.24, 2.45) is 16.5 Å². The first-order valence-electron chi connectivity index (χ1n) is 5.05. The number of carboxylic acid groups (broad SMARTS) is 1. The summed E-state index contributed by atoms with van der Waals surface area (Å²) in [5, 5.41) is 8.84. The van der Waals surface area contributed by atoms with E-state index in [0.717, 1.165) is 25.0 Å². The zero-order valence-corrected chi connectivity index (χ0v) is 11.0. The number of aliphatic carboxylic acids is 1. The fourth-order valence-corrected chi connectivity index (χ4v) is 2.52. The number of rotatable bonds is 9. The van der Waals surface area contributed by atoms with Crippen LogP contribution in [0.2, 0.25) is 0 Å². The average Bonchev–Trinajstić information content (AvgIpc) is 2.20. The normalized spacial score (nSPS) is 12.1. The second kappa shape index (κ2) is 9.65. The number of nitrogens with two attached hydrogens (primary N) is 2. The Hall–Kier alpha value is -0.560. The van der Waals surface area contributed by atoms with Gasteiger partial charge in [-0.2, -0.15) is 0 Å². The number of aliphatic imine (C=N–C) groups is 1.